The zero-order chi connectivity index (χ0) is 21.9. The third-order valence-corrected chi connectivity index (χ3v) is 6.57. The minimum atomic E-state index is 0.192. The van der Waals surface area contributed by atoms with Gasteiger partial charge < -0.3 is 14.2 Å². The lowest BCUT2D eigenvalue weighted by atomic mass is 10.1. The number of hydrogen-bond acceptors (Lipinski definition) is 3. The number of rotatable bonds is 10. The molecule has 2 fully saturated rings. The lowest BCUT2D eigenvalue weighted by Gasteiger charge is -2.16. The molecule has 2 heterocycles. The number of aryl methyl sites for hydroxylation is 1. The minimum Gasteiger partial charge on any atom is -0.493 e. The first-order valence-corrected chi connectivity index (χ1v) is 11.8. The highest BCUT2D eigenvalue weighted by atomic mass is 16.5. The van der Waals surface area contributed by atoms with E-state index in [-0.39, 0.29) is 5.92 Å². The molecular weight excluding hydrogens is 398 g/mol. The molecule has 0 N–H and O–H groups in total. The van der Waals surface area contributed by atoms with E-state index in [9.17, 15) is 4.79 Å². The van der Waals surface area contributed by atoms with Gasteiger partial charge in [-0.05, 0) is 55.9 Å². The van der Waals surface area contributed by atoms with Crippen LogP contribution in [0.5, 0.6) is 5.75 Å². The molecule has 2 aliphatic rings. The van der Waals surface area contributed by atoms with Gasteiger partial charge in [0.1, 0.15) is 11.6 Å². The molecule has 32 heavy (non-hydrogen) atoms. The summed E-state index contributed by atoms with van der Waals surface area (Å²) in [5.41, 5.74) is 3.36. The summed E-state index contributed by atoms with van der Waals surface area (Å²) < 4.78 is 8.41. The van der Waals surface area contributed by atoms with Crippen molar-refractivity contribution in [3.05, 3.63) is 72.6 Å². The monoisotopic (exact) mass is 429 g/mol. The van der Waals surface area contributed by atoms with Crippen molar-refractivity contribution in [3.63, 3.8) is 0 Å². The summed E-state index contributed by atoms with van der Waals surface area (Å²) in [6, 6.07) is 17.0. The van der Waals surface area contributed by atoms with Crippen LogP contribution in [0.15, 0.2) is 61.2 Å². The Hall–Kier alpha value is -3.08. The topological polar surface area (TPSA) is 47.4 Å². The molecule has 0 radical (unpaired) electrons. The third-order valence-electron chi connectivity index (χ3n) is 6.57. The molecule has 1 unspecified atom stereocenters. The van der Waals surface area contributed by atoms with Gasteiger partial charge in [-0.2, -0.15) is 0 Å². The van der Waals surface area contributed by atoms with Crippen LogP contribution in [-0.4, -0.2) is 39.6 Å². The second-order valence-corrected chi connectivity index (χ2v) is 8.94. The van der Waals surface area contributed by atoms with Gasteiger partial charge in [-0.25, -0.2) is 4.98 Å². The molecule has 1 aromatic heterocycles. The Labute approximate surface area is 189 Å². The average molecular weight is 430 g/mol. The summed E-state index contributed by atoms with van der Waals surface area (Å²) in [5, 5.41) is 0. The molecule has 5 nitrogen and oxygen atoms in total. The first-order chi connectivity index (χ1) is 15.7. The van der Waals surface area contributed by atoms with Crippen molar-refractivity contribution in [2.45, 2.75) is 57.0 Å². The maximum absolute atomic E-state index is 12.5. The van der Waals surface area contributed by atoms with Gasteiger partial charge >= 0.3 is 0 Å². The summed E-state index contributed by atoms with van der Waals surface area (Å²) in [4.78, 5) is 19.6. The average Bonchev–Trinajstić information content (AvgIpc) is 3.48. The number of likely N-dealkylation sites (tertiary alicyclic amines) is 1. The fourth-order valence-electron chi connectivity index (χ4n) is 4.81. The van der Waals surface area contributed by atoms with E-state index >= 15 is 0 Å². The molecule has 1 saturated carbocycles. The number of aromatic nitrogens is 2. The fraction of sp³-hybridized carbons (Fsp3) is 0.407. The smallest absolute Gasteiger partial charge is 0.223 e. The van der Waals surface area contributed by atoms with Crippen LogP contribution in [0, 0.1) is 0 Å². The zero-order valence-corrected chi connectivity index (χ0v) is 18.6. The van der Waals surface area contributed by atoms with E-state index in [1.807, 2.05) is 30.3 Å². The van der Waals surface area contributed by atoms with Crippen LogP contribution < -0.4 is 4.74 Å². The number of para-hydroxylation sites is 3. The molecule has 1 saturated heterocycles. The van der Waals surface area contributed by atoms with Gasteiger partial charge in [-0.15, -0.1) is 6.58 Å². The molecule has 2 aromatic carbocycles. The van der Waals surface area contributed by atoms with E-state index in [0.29, 0.717) is 25.0 Å². The maximum atomic E-state index is 12.5. The highest BCUT2D eigenvalue weighted by Gasteiger charge is 2.41. The highest BCUT2D eigenvalue weighted by molar-refractivity contribution is 5.81. The van der Waals surface area contributed by atoms with Crippen molar-refractivity contribution in [2.24, 2.45) is 0 Å². The van der Waals surface area contributed by atoms with Crippen molar-refractivity contribution in [1.29, 1.82) is 0 Å². The maximum Gasteiger partial charge on any atom is 0.223 e. The Balaban J connectivity index is 1.25. The van der Waals surface area contributed by atoms with Crippen LogP contribution in [0.1, 0.15) is 49.4 Å². The van der Waals surface area contributed by atoms with Gasteiger partial charge in [-0.1, -0.05) is 36.4 Å². The number of amides is 1. The molecule has 5 rings (SSSR count). The quantitative estimate of drug-likeness (QED) is 0.333. The van der Waals surface area contributed by atoms with Gasteiger partial charge in [0.05, 0.1) is 17.6 Å². The van der Waals surface area contributed by atoms with Crippen molar-refractivity contribution in [3.8, 4) is 5.75 Å². The van der Waals surface area contributed by atoms with Gasteiger partial charge in [0, 0.05) is 31.5 Å². The van der Waals surface area contributed by atoms with E-state index in [4.69, 9.17) is 9.72 Å². The van der Waals surface area contributed by atoms with Gasteiger partial charge in [-0.3, -0.25) is 4.79 Å². The van der Waals surface area contributed by atoms with Crippen LogP contribution in [0.2, 0.25) is 0 Å². The third kappa shape index (κ3) is 4.29. The predicted octanol–water partition coefficient (Wildman–Crippen LogP) is 5.10. The fourth-order valence-corrected chi connectivity index (χ4v) is 4.81. The number of fused-ring (bicyclic) bond motifs is 1. The lowest BCUT2D eigenvalue weighted by Crippen LogP contribution is -2.27. The van der Waals surface area contributed by atoms with Crippen LogP contribution in [0.4, 0.5) is 0 Å². The summed E-state index contributed by atoms with van der Waals surface area (Å²) in [6.45, 7) is 6.23. The number of hydrogen-bond donors (Lipinski definition) is 0. The van der Waals surface area contributed by atoms with Gasteiger partial charge in [0.15, 0.2) is 0 Å². The number of imidazole rings is 1. The van der Waals surface area contributed by atoms with Crippen molar-refractivity contribution < 1.29 is 9.53 Å². The normalized spacial score (nSPS) is 18.4. The lowest BCUT2D eigenvalue weighted by molar-refractivity contribution is -0.128. The van der Waals surface area contributed by atoms with E-state index in [1.54, 1.807) is 0 Å². The number of nitrogens with zero attached hydrogens (tertiary/aromatic N) is 3. The van der Waals surface area contributed by atoms with E-state index in [0.717, 1.165) is 67.8 Å². The minimum absolute atomic E-state index is 0.192. The Morgan fingerprint density at radius 1 is 1.09 bits per heavy atom. The summed E-state index contributed by atoms with van der Waals surface area (Å²) >= 11 is 0. The van der Waals surface area contributed by atoms with Crippen LogP contribution in [0.25, 0.3) is 11.0 Å². The van der Waals surface area contributed by atoms with Gasteiger partial charge in [0.2, 0.25) is 5.91 Å². The first kappa shape index (κ1) is 20.8. The molecule has 0 spiro atoms. The summed E-state index contributed by atoms with van der Waals surface area (Å²) in [6.07, 6.45) is 7.60. The van der Waals surface area contributed by atoms with Crippen molar-refractivity contribution in [1.82, 2.24) is 14.5 Å². The molecule has 1 aliphatic heterocycles. The van der Waals surface area contributed by atoms with Crippen LogP contribution in [-0.2, 0) is 17.8 Å². The first-order valence-electron chi connectivity index (χ1n) is 11.8. The number of carbonyl (C=O) groups is 1. The van der Waals surface area contributed by atoms with E-state index in [2.05, 4.69) is 40.3 Å². The number of carbonyl (C=O) groups excluding carboxylic acids is 1. The highest BCUT2D eigenvalue weighted by Crippen LogP contribution is 2.37. The Morgan fingerprint density at radius 3 is 2.75 bits per heavy atom. The molecular formula is C27H31N3O2. The molecule has 0 bridgehead atoms. The second-order valence-electron chi connectivity index (χ2n) is 8.94. The van der Waals surface area contributed by atoms with Gasteiger partial charge in [0.25, 0.3) is 0 Å². The van der Waals surface area contributed by atoms with E-state index in [1.165, 1.54) is 5.56 Å². The Bertz CT molecular complexity index is 1120. The molecule has 5 heteroatoms. The molecule has 1 atom stereocenters. The summed E-state index contributed by atoms with van der Waals surface area (Å²) in [5.74, 6) is 2.51. The zero-order valence-electron chi connectivity index (χ0n) is 18.6. The predicted molar refractivity (Wildman–Crippen MR) is 127 cm³/mol. The molecule has 1 amide bonds. The number of benzene rings is 2. The van der Waals surface area contributed by atoms with Crippen LogP contribution in [0.3, 0.4) is 0 Å². The summed E-state index contributed by atoms with van der Waals surface area (Å²) in [7, 11) is 0. The SMILES string of the molecule is C=CCc1ccccc1OCCCCn1c(C2CC(=O)N(C3CC3)C2)nc2ccccc21. The molecule has 166 valence electrons. The van der Waals surface area contributed by atoms with E-state index < -0.39 is 0 Å². The van der Waals surface area contributed by atoms with Crippen molar-refractivity contribution in [2.75, 3.05) is 13.2 Å². The number of ether oxygens (including phenoxy) is 1. The number of unbranched alkanes of at least 4 members (excludes halogenated alkanes) is 1. The van der Waals surface area contributed by atoms with Crippen molar-refractivity contribution >= 4 is 16.9 Å². The standard InChI is InChI=1S/C27H31N3O2/c1-2-9-20-10-3-6-13-25(20)32-17-8-7-16-29-24-12-5-4-11-23(24)28-27(29)21-18-26(31)30(19-21)22-14-15-22/h2-6,10-13,21-22H,1,7-9,14-19H2. The van der Waals surface area contributed by atoms with Crippen LogP contribution >= 0.6 is 0 Å². The molecule has 1 aliphatic carbocycles. The second kappa shape index (κ2) is 9.19. The largest absolute Gasteiger partial charge is 0.493 e. The Morgan fingerprint density at radius 2 is 1.91 bits per heavy atom. The number of allylic oxidation sites excluding steroid dienone is 1. The Kier molecular flexibility index (Phi) is 5.97. The molecule has 3 aromatic rings.